The van der Waals surface area contributed by atoms with Gasteiger partial charge in [0, 0.05) is 43.0 Å². The van der Waals surface area contributed by atoms with Crippen LogP contribution >= 0.6 is 0 Å². The van der Waals surface area contributed by atoms with Crippen molar-refractivity contribution in [2.24, 2.45) is 5.73 Å². The number of benzene rings is 1. The minimum Gasteiger partial charge on any atom is -0.370 e. The maximum Gasteiger partial charge on any atom is 0.229 e. The third-order valence-corrected chi connectivity index (χ3v) is 3.96. The van der Waals surface area contributed by atoms with Crippen LogP contribution < -0.4 is 21.7 Å². The summed E-state index contributed by atoms with van der Waals surface area (Å²) in [4.78, 5) is 30.9. The number of hydrogen-bond donors (Lipinski definition) is 4. The predicted molar refractivity (Wildman–Crippen MR) is 100 cm³/mol. The molecule has 1 fully saturated rings. The second kappa shape index (κ2) is 7.81. The van der Waals surface area contributed by atoms with Gasteiger partial charge in [0.05, 0.1) is 0 Å². The molecule has 0 atom stereocenters. The Balaban J connectivity index is 1.70. The first-order valence-corrected chi connectivity index (χ1v) is 8.55. The topological polar surface area (TPSA) is 122 Å². The number of anilines is 4. The van der Waals surface area contributed by atoms with Gasteiger partial charge in [0.25, 0.3) is 0 Å². The third kappa shape index (κ3) is 4.92. The zero-order valence-corrected chi connectivity index (χ0v) is 14.6. The van der Waals surface area contributed by atoms with E-state index in [-0.39, 0.29) is 18.2 Å². The third-order valence-electron chi connectivity index (χ3n) is 3.96. The molecule has 0 bridgehead atoms. The molecule has 0 saturated heterocycles. The van der Waals surface area contributed by atoms with Gasteiger partial charge in [0.2, 0.25) is 17.8 Å². The normalized spacial score (nSPS) is 13.1. The molecule has 1 aromatic heterocycles. The Morgan fingerprint density at radius 2 is 1.88 bits per heavy atom. The minimum absolute atomic E-state index is 0.114. The largest absolute Gasteiger partial charge is 0.370 e. The van der Waals surface area contributed by atoms with Crippen molar-refractivity contribution in [3.63, 3.8) is 0 Å². The van der Waals surface area contributed by atoms with Crippen LogP contribution in [0, 0.1) is 0 Å². The van der Waals surface area contributed by atoms with Crippen molar-refractivity contribution in [3.8, 4) is 0 Å². The van der Waals surface area contributed by atoms with Crippen LogP contribution in [0.2, 0.25) is 0 Å². The number of rotatable bonds is 8. The molecule has 0 aliphatic heterocycles. The van der Waals surface area contributed by atoms with Gasteiger partial charge in [-0.05, 0) is 43.0 Å². The quantitative estimate of drug-likeness (QED) is 0.577. The van der Waals surface area contributed by atoms with Gasteiger partial charge in [-0.2, -0.15) is 4.98 Å². The smallest absolute Gasteiger partial charge is 0.229 e. The Bertz CT molecular complexity index is 802. The van der Waals surface area contributed by atoms with E-state index in [0.717, 1.165) is 35.6 Å². The molecule has 2 amide bonds. The monoisotopic (exact) mass is 354 g/mol. The van der Waals surface area contributed by atoms with Crippen molar-refractivity contribution in [3.05, 3.63) is 36.0 Å². The van der Waals surface area contributed by atoms with E-state index in [4.69, 9.17) is 5.73 Å². The zero-order valence-electron chi connectivity index (χ0n) is 14.6. The summed E-state index contributed by atoms with van der Waals surface area (Å²) in [7, 11) is 0. The summed E-state index contributed by atoms with van der Waals surface area (Å²) in [6.07, 6.45) is 4.34. The molecule has 0 unspecified atom stereocenters. The maximum absolute atomic E-state index is 11.1. The highest BCUT2D eigenvalue weighted by Gasteiger charge is 2.27. The van der Waals surface area contributed by atoms with Gasteiger partial charge in [-0.3, -0.25) is 9.59 Å². The van der Waals surface area contributed by atoms with Gasteiger partial charge >= 0.3 is 0 Å². The van der Waals surface area contributed by atoms with E-state index in [9.17, 15) is 9.59 Å². The standard InChI is InChI=1S/C18H22N6O2/c1-11(25)22-13-4-6-14(7-5-13)23-18-21-10-15(12-2-3-12)17(24-18)20-9-8-16(19)26/h4-7,10,12H,2-3,8-9H2,1H3,(H2,19,26)(H,22,25)(H2,20,21,23,24). The van der Waals surface area contributed by atoms with Crippen LogP contribution in [0.15, 0.2) is 30.5 Å². The first-order chi connectivity index (χ1) is 12.5. The number of hydrogen-bond acceptors (Lipinski definition) is 6. The van der Waals surface area contributed by atoms with Gasteiger partial charge in [-0.1, -0.05) is 0 Å². The fourth-order valence-electron chi connectivity index (χ4n) is 2.56. The Kier molecular flexibility index (Phi) is 5.31. The van der Waals surface area contributed by atoms with E-state index in [1.165, 1.54) is 6.92 Å². The highest BCUT2D eigenvalue weighted by Crippen LogP contribution is 2.42. The molecule has 3 rings (SSSR count). The van der Waals surface area contributed by atoms with Crippen molar-refractivity contribution in [2.75, 3.05) is 22.5 Å². The molecule has 136 valence electrons. The number of carbonyl (C=O) groups is 2. The Labute approximate surface area is 151 Å². The van der Waals surface area contributed by atoms with Crippen LogP contribution in [-0.4, -0.2) is 28.3 Å². The SMILES string of the molecule is CC(=O)Nc1ccc(Nc2ncc(C3CC3)c(NCCC(N)=O)n2)cc1. The predicted octanol–water partition coefficient (Wildman–Crippen LogP) is 2.34. The molecule has 8 nitrogen and oxygen atoms in total. The lowest BCUT2D eigenvalue weighted by atomic mass is 10.2. The minimum atomic E-state index is -0.350. The van der Waals surface area contributed by atoms with Crippen LogP contribution in [0.3, 0.4) is 0 Å². The number of nitrogens with zero attached hydrogens (tertiary/aromatic N) is 2. The number of primary amides is 1. The van der Waals surface area contributed by atoms with Gasteiger partial charge in [-0.15, -0.1) is 0 Å². The number of carbonyl (C=O) groups excluding carboxylic acids is 2. The van der Waals surface area contributed by atoms with Gasteiger partial charge in [0.1, 0.15) is 5.82 Å². The average molecular weight is 354 g/mol. The zero-order chi connectivity index (χ0) is 18.5. The molecule has 1 heterocycles. The Morgan fingerprint density at radius 1 is 1.19 bits per heavy atom. The van der Waals surface area contributed by atoms with Crippen LogP contribution in [0.25, 0.3) is 0 Å². The lowest BCUT2D eigenvalue weighted by Crippen LogP contribution is -2.17. The van der Waals surface area contributed by atoms with E-state index < -0.39 is 0 Å². The molecular formula is C18H22N6O2. The highest BCUT2D eigenvalue weighted by atomic mass is 16.1. The number of aromatic nitrogens is 2. The molecule has 8 heteroatoms. The van der Waals surface area contributed by atoms with E-state index in [1.54, 1.807) is 12.1 Å². The summed E-state index contributed by atoms with van der Waals surface area (Å²) in [6.45, 7) is 1.91. The number of amides is 2. The van der Waals surface area contributed by atoms with Crippen LogP contribution in [0.1, 0.15) is 37.7 Å². The Hall–Kier alpha value is -3.16. The van der Waals surface area contributed by atoms with Crippen molar-refractivity contribution in [1.29, 1.82) is 0 Å². The van der Waals surface area contributed by atoms with Crippen molar-refractivity contribution in [2.45, 2.75) is 32.1 Å². The molecule has 1 aromatic carbocycles. The summed E-state index contributed by atoms with van der Waals surface area (Å²) >= 11 is 0. The molecule has 1 saturated carbocycles. The Morgan fingerprint density at radius 3 is 2.50 bits per heavy atom. The van der Waals surface area contributed by atoms with E-state index in [1.807, 2.05) is 18.3 Å². The molecule has 1 aliphatic carbocycles. The highest BCUT2D eigenvalue weighted by molar-refractivity contribution is 5.88. The molecular weight excluding hydrogens is 332 g/mol. The first kappa shape index (κ1) is 17.7. The molecule has 1 aliphatic rings. The molecule has 0 spiro atoms. The van der Waals surface area contributed by atoms with E-state index in [2.05, 4.69) is 25.9 Å². The van der Waals surface area contributed by atoms with Crippen LogP contribution in [-0.2, 0) is 9.59 Å². The van der Waals surface area contributed by atoms with Crippen LogP contribution in [0.5, 0.6) is 0 Å². The fraction of sp³-hybridized carbons (Fsp3) is 0.333. The summed E-state index contributed by atoms with van der Waals surface area (Å²) in [6, 6.07) is 7.27. The molecule has 2 aromatic rings. The van der Waals surface area contributed by atoms with E-state index in [0.29, 0.717) is 18.4 Å². The molecule has 5 N–H and O–H groups in total. The van der Waals surface area contributed by atoms with Crippen molar-refractivity contribution >= 4 is 35.0 Å². The lowest BCUT2D eigenvalue weighted by Gasteiger charge is -2.12. The average Bonchev–Trinajstić information content (AvgIpc) is 3.41. The summed E-state index contributed by atoms with van der Waals surface area (Å²) in [5, 5.41) is 9.05. The van der Waals surface area contributed by atoms with E-state index >= 15 is 0 Å². The second-order valence-corrected chi connectivity index (χ2v) is 6.30. The van der Waals surface area contributed by atoms with Gasteiger partial charge < -0.3 is 21.7 Å². The van der Waals surface area contributed by atoms with Gasteiger partial charge in [-0.25, -0.2) is 4.98 Å². The lowest BCUT2D eigenvalue weighted by molar-refractivity contribution is -0.117. The number of nitrogens with one attached hydrogen (secondary N) is 3. The second-order valence-electron chi connectivity index (χ2n) is 6.30. The first-order valence-electron chi connectivity index (χ1n) is 8.55. The fourth-order valence-corrected chi connectivity index (χ4v) is 2.56. The summed E-state index contributed by atoms with van der Waals surface area (Å²) in [5.74, 6) is 1.22. The summed E-state index contributed by atoms with van der Waals surface area (Å²) in [5.41, 5.74) is 7.79. The molecule has 0 radical (unpaired) electrons. The molecule has 26 heavy (non-hydrogen) atoms. The summed E-state index contributed by atoms with van der Waals surface area (Å²) < 4.78 is 0. The van der Waals surface area contributed by atoms with Gasteiger partial charge in [0.15, 0.2) is 0 Å². The number of nitrogens with two attached hydrogens (primary N) is 1. The van der Waals surface area contributed by atoms with Crippen LogP contribution in [0.4, 0.5) is 23.1 Å². The van der Waals surface area contributed by atoms with Crippen molar-refractivity contribution in [1.82, 2.24) is 9.97 Å². The van der Waals surface area contributed by atoms with Crippen molar-refractivity contribution < 1.29 is 9.59 Å². The maximum atomic E-state index is 11.1.